The number of allylic oxidation sites excluding steroid dienone is 1. The highest BCUT2D eigenvalue weighted by Crippen LogP contribution is 2.63. The molecule has 0 amide bonds. The molecule has 4 aliphatic rings. The highest BCUT2D eigenvalue weighted by molar-refractivity contribution is 5.96. The van der Waals surface area contributed by atoms with Crippen LogP contribution >= 0.6 is 0 Å². The zero-order valence-electron chi connectivity index (χ0n) is 13.5. The number of hydrogen-bond acceptors (Lipinski definition) is 3. The Kier molecular flexibility index (Phi) is 2.87. The van der Waals surface area contributed by atoms with E-state index in [1.807, 2.05) is 13.0 Å². The van der Waals surface area contributed by atoms with Crippen LogP contribution in [0, 0.1) is 28.6 Å². The minimum Gasteiger partial charge on any atom is -0.299 e. The van der Waals surface area contributed by atoms with Gasteiger partial charge in [0.1, 0.15) is 11.6 Å². The van der Waals surface area contributed by atoms with Crippen LogP contribution in [0.3, 0.4) is 0 Å². The molecule has 22 heavy (non-hydrogen) atoms. The molecule has 5 atom stereocenters. The number of rotatable bonds is 0. The van der Waals surface area contributed by atoms with Crippen LogP contribution in [0.25, 0.3) is 0 Å². The van der Waals surface area contributed by atoms with Crippen molar-refractivity contribution in [1.29, 1.82) is 0 Å². The van der Waals surface area contributed by atoms with Gasteiger partial charge in [0.25, 0.3) is 0 Å². The van der Waals surface area contributed by atoms with Crippen molar-refractivity contribution in [2.24, 2.45) is 28.6 Å². The second-order valence-electron chi connectivity index (χ2n) is 8.36. The first-order valence-electron chi connectivity index (χ1n) is 8.66. The van der Waals surface area contributed by atoms with Crippen molar-refractivity contribution in [3.63, 3.8) is 0 Å². The highest BCUT2D eigenvalue weighted by Gasteiger charge is 2.62. The molecule has 3 fully saturated rings. The van der Waals surface area contributed by atoms with E-state index >= 15 is 0 Å². The number of fused-ring (bicyclic) bond motifs is 5. The molecule has 0 aromatic carbocycles. The van der Waals surface area contributed by atoms with Crippen molar-refractivity contribution in [2.45, 2.75) is 58.8 Å². The minimum absolute atomic E-state index is 0.0320. The Morgan fingerprint density at radius 2 is 1.77 bits per heavy atom. The Balaban J connectivity index is 1.77. The SMILES string of the molecule is C[C@]12CCC(=O)C=C1CC[C@H]1[C@H]2C(=O)C[C@@]2(C)C(=O)CC[C@@H]12. The first kappa shape index (κ1) is 14.3. The van der Waals surface area contributed by atoms with Gasteiger partial charge in [-0.2, -0.15) is 0 Å². The molecule has 4 rings (SSSR count). The molecule has 3 nitrogen and oxygen atoms in total. The Hall–Kier alpha value is -1.25. The van der Waals surface area contributed by atoms with Gasteiger partial charge in [-0.15, -0.1) is 0 Å². The van der Waals surface area contributed by atoms with Gasteiger partial charge in [0.05, 0.1) is 0 Å². The van der Waals surface area contributed by atoms with Gasteiger partial charge in [-0.05, 0) is 49.0 Å². The van der Waals surface area contributed by atoms with Gasteiger partial charge >= 0.3 is 0 Å². The third kappa shape index (κ3) is 1.65. The van der Waals surface area contributed by atoms with Crippen LogP contribution in [-0.2, 0) is 14.4 Å². The molecule has 0 aromatic rings. The van der Waals surface area contributed by atoms with Crippen molar-refractivity contribution in [3.05, 3.63) is 11.6 Å². The number of carbonyl (C=O) groups is 3. The Labute approximate surface area is 131 Å². The lowest BCUT2D eigenvalue weighted by atomic mass is 9.47. The molecule has 4 aliphatic carbocycles. The second-order valence-corrected chi connectivity index (χ2v) is 8.36. The summed E-state index contributed by atoms with van der Waals surface area (Å²) in [5, 5.41) is 0. The standard InChI is InChI=1S/C19H24O3/c1-18-8-7-12(20)9-11(18)3-4-13-14-5-6-16(22)19(14,2)10-15(21)17(13)18/h9,13-14,17H,3-8,10H2,1-2H3/t13-,14+,17+,18+,19-/m1/s1. The second kappa shape index (κ2) is 4.39. The monoisotopic (exact) mass is 300 g/mol. The van der Waals surface area contributed by atoms with Crippen LogP contribution in [0.5, 0.6) is 0 Å². The average molecular weight is 300 g/mol. The minimum atomic E-state index is -0.402. The lowest BCUT2D eigenvalue weighted by molar-refractivity contribution is -0.149. The van der Waals surface area contributed by atoms with Crippen LogP contribution in [0.4, 0.5) is 0 Å². The van der Waals surface area contributed by atoms with E-state index in [0.717, 1.165) is 25.7 Å². The summed E-state index contributed by atoms with van der Waals surface area (Å²) < 4.78 is 0. The van der Waals surface area contributed by atoms with E-state index in [-0.39, 0.29) is 22.9 Å². The molecule has 0 spiro atoms. The predicted molar refractivity (Wildman–Crippen MR) is 82.1 cm³/mol. The third-order valence-corrected chi connectivity index (χ3v) is 7.36. The molecule has 0 heterocycles. The molecule has 0 aliphatic heterocycles. The Bertz CT molecular complexity index is 616. The predicted octanol–water partition coefficient (Wildman–Crippen LogP) is 3.27. The third-order valence-electron chi connectivity index (χ3n) is 7.36. The maximum absolute atomic E-state index is 13.0. The van der Waals surface area contributed by atoms with E-state index < -0.39 is 5.41 Å². The molecular weight excluding hydrogens is 276 g/mol. The maximum Gasteiger partial charge on any atom is 0.155 e. The smallest absolute Gasteiger partial charge is 0.155 e. The fraction of sp³-hybridized carbons (Fsp3) is 0.737. The zero-order valence-corrected chi connectivity index (χ0v) is 13.5. The van der Waals surface area contributed by atoms with Gasteiger partial charge in [-0.25, -0.2) is 0 Å². The van der Waals surface area contributed by atoms with Crippen molar-refractivity contribution in [2.75, 3.05) is 0 Å². The van der Waals surface area contributed by atoms with E-state index in [2.05, 4.69) is 6.92 Å². The summed E-state index contributed by atoms with van der Waals surface area (Å²) in [5.74, 6) is 1.54. The quantitative estimate of drug-likeness (QED) is 0.690. The maximum atomic E-state index is 13.0. The largest absolute Gasteiger partial charge is 0.299 e. The van der Waals surface area contributed by atoms with Crippen LogP contribution < -0.4 is 0 Å². The molecule has 3 heteroatoms. The molecule has 0 radical (unpaired) electrons. The molecule has 118 valence electrons. The summed E-state index contributed by atoms with van der Waals surface area (Å²) in [4.78, 5) is 37.1. The lowest BCUT2D eigenvalue weighted by Crippen LogP contribution is -2.55. The lowest BCUT2D eigenvalue weighted by Gasteiger charge is -2.55. The average Bonchev–Trinajstić information content (AvgIpc) is 2.75. The van der Waals surface area contributed by atoms with Gasteiger partial charge in [0.15, 0.2) is 5.78 Å². The molecular formula is C19H24O3. The van der Waals surface area contributed by atoms with Crippen molar-refractivity contribution >= 4 is 17.3 Å². The van der Waals surface area contributed by atoms with E-state index in [0.29, 0.717) is 36.9 Å². The summed E-state index contributed by atoms with van der Waals surface area (Å²) >= 11 is 0. The van der Waals surface area contributed by atoms with Gasteiger partial charge in [-0.1, -0.05) is 19.4 Å². The van der Waals surface area contributed by atoms with Gasteiger partial charge < -0.3 is 0 Å². The van der Waals surface area contributed by atoms with E-state index in [4.69, 9.17) is 0 Å². The molecule has 0 aromatic heterocycles. The van der Waals surface area contributed by atoms with Gasteiger partial charge in [-0.3, -0.25) is 14.4 Å². The normalized spacial score (nSPS) is 47.6. The molecule has 0 unspecified atom stereocenters. The topological polar surface area (TPSA) is 51.2 Å². The molecule has 0 N–H and O–H groups in total. The fourth-order valence-corrected chi connectivity index (χ4v) is 6.16. The summed E-state index contributed by atoms with van der Waals surface area (Å²) in [6, 6.07) is 0. The van der Waals surface area contributed by atoms with E-state index in [9.17, 15) is 14.4 Å². The summed E-state index contributed by atoms with van der Waals surface area (Å²) in [6.45, 7) is 4.22. The molecule has 0 bridgehead atoms. The van der Waals surface area contributed by atoms with E-state index in [1.165, 1.54) is 5.57 Å². The van der Waals surface area contributed by atoms with Crippen LogP contribution in [0.15, 0.2) is 11.6 Å². The Morgan fingerprint density at radius 1 is 1.00 bits per heavy atom. The zero-order chi connectivity index (χ0) is 15.7. The number of carbonyl (C=O) groups excluding carboxylic acids is 3. The molecule has 3 saturated carbocycles. The first-order valence-corrected chi connectivity index (χ1v) is 8.66. The van der Waals surface area contributed by atoms with Gasteiger partial charge in [0.2, 0.25) is 0 Å². The highest BCUT2D eigenvalue weighted by atomic mass is 16.1. The first-order chi connectivity index (χ1) is 10.4. The summed E-state index contributed by atoms with van der Waals surface area (Å²) in [5.41, 5.74) is 0.660. The van der Waals surface area contributed by atoms with E-state index in [1.54, 1.807) is 0 Å². The van der Waals surface area contributed by atoms with Crippen molar-refractivity contribution < 1.29 is 14.4 Å². The van der Waals surface area contributed by atoms with Crippen LogP contribution in [-0.4, -0.2) is 17.3 Å². The van der Waals surface area contributed by atoms with Gasteiger partial charge in [0, 0.05) is 30.6 Å². The van der Waals surface area contributed by atoms with Crippen molar-refractivity contribution in [3.8, 4) is 0 Å². The fourth-order valence-electron chi connectivity index (χ4n) is 6.16. The van der Waals surface area contributed by atoms with Crippen LogP contribution in [0.2, 0.25) is 0 Å². The Morgan fingerprint density at radius 3 is 2.55 bits per heavy atom. The summed E-state index contributed by atoms with van der Waals surface area (Å²) in [6.07, 6.45) is 7.12. The number of hydrogen-bond donors (Lipinski definition) is 0. The van der Waals surface area contributed by atoms with Crippen LogP contribution in [0.1, 0.15) is 58.8 Å². The van der Waals surface area contributed by atoms with Crippen molar-refractivity contribution in [1.82, 2.24) is 0 Å². The number of Topliss-reactive ketones (excluding diaryl/α,β-unsaturated/α-hetero) is 2. The number of ketones is 3. The molecule has 0 saturated heterocycles. The summed E-state index contributed by atoms with van der Waals surface area (Å²) in [7, 11) is 0.